The van der Waals surface area contributed by atoms with Gasteiger partial charge in [-0.15, -0.1) is 0 Å². The number of nitrogens with zero attached hydrogens (tertiary/aromatic N) is 2. The fourth-order valence-electron chi connectivity index (χ4n) is 1.58. The van der Waals surface area contributed by atoms with Crippen molar-refractivity contribution in [2.75, 3.05) is 18.2 Å². The first-order valence-electron chi connectivity index (χ1n) is 5.75. The van der Waals surface area contributed by atoms with Crippen LogP contribution in [0.1, 0.15) is 16.1 Å². The molecule has 0 saturated carbocycles. The number of hydrogen-bond donors (Lipinski definition) is 2. The Morgan fingerprint density at radius 2 is 2.10 bits per heavy atom. The minimum absolute atomic E-state index is 0.153. The number of rotatable bonds is 3. The van der Waals surface area contributed by atoms with E-state index in [-0.39, 0.29) is 11.0 Å². The van der Waals surface area contributed by atoms with E-state index in [0.717, 1.165) is 0 Å². The summed E-state index contributed by atoms with van der Waals surface area (Å²) in [6.45, 7) is 1.77. The average molecular weight is 293 g/mol. The Labute approximate surface area is 120 Å². The topological polar surface area (TPSA) is 90.1 Å². The normalized spacial score (nSPS) is 10.2. The second-order valence-electron chi connectivity index (χ2n) is 4.07. The van der Waals surface area contributed by atoms with E-state index < -0.39 is 5.91 Å². The molecule has 0 spiro atoms. The van der Waals surface area contributed by atoms with Gasteiger partial charge in [-0.1, -0.05) is 11.6 Å². The molecule has 0 bridgehead atoms. The highest BCUT2D eigenvalue weighted by atomic mass is 35.5. The van der Waals surface area contributed by atoms with Gasteiger partial charge in [0.2, 0.25) is 11.8 Å². The third-order valence-electron chi connectivity index (χ3n) is 2.50. The molecule has 0 atom stereocenters. The lowest BCUT2D eigenvalue weighted by atomic mass is 10.2. The number of amides is 1. The molecule has 104 valence electrons. The summed E-state index contributed by atoms with van der Waals surface area (Å²) in [6.07, 6.45) is 0. The number of aryl methyl sites for hydroxylation is 1. The number of nitrogens with one attached hydrogen (secondary N) is 1. The molecule has 7 heteroatoms. The molecule has 0 aliphatic carbocycles. The molecule has 3 N–H and O–H groups in total. The Hall–Kier alpha value is -2.34. The lowest BCUT2D eigenvalue weighted by molar-refractivity contribution is 0.102. The zero-order valence-electron chi connectivity index (χ0n) is 11.0. The van der Waals surface area contributed by atoms with Gasteiger partial charge in [-0.2, -0.15) is 4.98 Å². The molecule has 6 nitrogen and oxygen atoms in total. The largest absolute Gasteiger partial charge is 0.481 e. The van der Waals surface area contributed by atoms with Crippen LogP contribution in [0, 0.1) is 6.92 Å². The van der Waals surface area contributed by atoms with Crippen LogP contribution in [0.15, 0.2) is 24.3 Å². The summed E-state index contributed by atoms with van der Waals surface area (Å²) in [5, 5.41) is 2.83. The summed E-state index contributed by atoms with van der Waals surface area (Å²) in [5.41, 5.74) is 7.04. The second kappa shape index (κ2) is 5.75. The number of hydrogen-bond acceptors (Lipinski definition) is 5. The Kier molecular flexibility index (Phi) is 4.05. The summed E-state index contributed by atoms with van der Waals surface area (Å²) in [5.74, 6) is 0.110. The third kappa shape index (κ3) is 3.16. The van der Waals surface area contributed by atoms with Gasteiger partial charge >= 0.3 is 0 Å². The number of anilines is 2. The number of ether oxygens (including phenoxy) is 1. The van der Waals surface area contributed by atoms with Crippen LogP contribution >= 0.6 is 11.6 Å². The van der Waals surface area contributed by atoms with Gasteiger partial charge in [0, 0.05) is 17.4 Å². The first-order valence-corrected chi connectivity index (χ1v) is 6.13. The van der Waals surface area contributed by atoms with E-state index in [9.17, 15) is 4.79 Å². The molecular weight excluding hydrogens is 280 g/mol. The van der Waals surface area contributed by atoms with Crippen molar-refractivity contribution >= 4 is 29.1 Å². The molecule has 0 fully saturated rings. The fourth-order valence-corrected chi connectivity index (χ4v) is 1.86. The molecule has 0 radical (unpaired) electrons. The molecule has 2 rings (SSSR count). The molecule has 2 aromatic rings. The number of benzene rings is 1. The highest BCUT2D eigenvalue weighted by molar-refractivity contribution is 6.34. The zero-order chi connectivity index (χ0) is 14.7. The van der Waals surface area contributed by atoms with Crippen molar-refractivity contribution in [2.24, 2.45) is 0 Å². The average Bonchev–Trinajstić information content (AvgIpc) is 2.37. The SMILES string of the molecule is COc1cc(C)nc(NC(=O)c2ccc(N)cc2Cl)n1. The van der Waals surface area contributed by atoms with E-state index in [0.29, 0.717) is 22.8 Å². The van der Waals surface area contributed by atoms with Crippen LogP contribution in [0.2, 0.25) is 5.02 Å². The van der Waals surface area contributed by atoms with Crippen LogP contribution in [0.25, 0.3) is 0 Å². The van der Waals surface area contributed by atoms with E-state index >= 15 is 0 Å². The van der Waals surface area contributed by atoms with E-state index in [1.165, 1.54) is 13.2 Å². The second-order valence-corrected chi connectivity index (χ2v) is 4.48. The van der Waals surface area contributed by atoms with Gasteiger partial charge in [0.15, 0.2) is 0 Å². The van der Waals surface area contributed by atoms with Gasteiger partial charge in [0.25, 0.3) is 5.91 Å². The number of nitrogens with two attached hydrogens (primary N) is 1. The number of carbonyl (C=O) groups is 1. The molecular formula is C13H13ClN4O2. The number of aromatic nitrogens is 2. The first-order chi connectivity index (χ1) is 9.49. The van der Waals surface area contributed by atoms with Crippen LogP contribution in [0.5, 0.6) is 5.88 Å². The van der Waals surface area contributed by atoms with Gasteiger partial charge in [-0.25, -0.2) is 4.98 Å². The molecule has 1 heterocycles. The molecule has 1 aromatic heterocycles. The fraction of sp³-hybridized carbons (Fsp3) is 0.154. The quantitative estimate of drug-likeness (QED) is 0.847. The van der Waals surface area contributed by atoms with Crippen molar-refractivity contribution in [1.82, 2.24) is 9.97 Å². The summed E-state index contributed by atoms with van der Waals surface area (Å²) in [6, 6.07) is 6.30. The standard InChI is InChI=1S/C13H13ClN4O2/c1-7-5-11(20-2)17-13(16-7)18-12(19)9-4-3-8(15)6-10(9)14/h3-6H,15H2,1-2H3,(H,16,17,18,19). The molecule has 0 saturated heterocycles. The number of halogens is 1. The number of methoxy groups -OCH3 is 1. The maximum absolute atomic E-state index is 12.1. The van der Waals surface area contributed by atoms with Crippen LogP contribution in [-0.4, -0.2) is 23.0 Å². The highest BCUT2D eigenvalue weighted by Crippen LogP contribution is 2.20. The maximum atomic E-state index is 12.1. The third-order valence-corrected chi connectivity index (χ3v) is 2.82. The van der Waals surface area contributed by atoms with Crippen LogP contribution in [-0.2, 0) is 0 Å². The van der Waals surface area contributed by atoms with Gasteiger partial charge in [-0.3, -0.25) is 10.1 Å². The van der Waals surface area contributed by atoms with E-state index in [1.54, 1.807) is 25.1 Å². The van der Waals surface area contributed by atoms with E-state index in [4.69, 9.17) is 22.1 Å². The Bertz CT molecular complexity index is 661. The molecule has 0 aliphatic rings. The Morgan fingerprint density at radius 1 is 1.35 bits per heavy atom. The highest BCUT2D eigenvalue weighted by Gasteiger charge is 2.13. The first kappa shape index (κ1) is 14.1. The summed E-state index contributed by atoms with van der Waals surface area (Å²) in [7, 11) is 1.49. The number of carbonyl (C=O) groups excluding carboxylic acids is 1. The monoisotopic (exact) mass is 292 g/mol. The van der Waals surface area contributed by atoms with Gasteiger partial charge in [0.05, 0.1) is 17.7 Å². The Morgan fingerprint density at radius 3 is 2.75 bits per heavy atom. The van der Waals surface area contributed by atoms with Crippen LogP contribution < -0.4 is 15.8 Å². The maximum Gasteiger partial charge on any atom is 0.259 e. The minimum atomic E-state index is -0.414. The summed E-state index contributed by atoms with van der Waals surface area (Å²) < 4.78 is 5.02. The lowest BCUT2D eigenvalue weighted by Crippen LogP contribution is -2.15. The molecule has 0 unspecified atom stereocenters. The van der Waals surface area contributed by atoms with Crippen molar-refractivity contribution in [3.05, 3.63) is 40.5 Å². The van der Waals surface area contributed by atoms with E-state index in [2.05, 4.69) is 15.3 Å². The number of nitrogen functional groups attached to an aromatic ring is 1. The van der Waals surface area contributed by atoms with Gasteiger partial charge < -0.3 is 10.5 Å². The molecule has 0 aliphatic heterocycles. The van der Waals surface area contributed by atoms with Crippen LogP contribution in [0.3, 0.4) is 0 Å². The summed E-state index contributed by atoms with van der Waals surface area (Å²) in [4.78, 5) is 20.2. The minimum Gasteiger partial charge on any atom is -0.481 e. The Balaban J connectivity index is 2.25. The van der Waals surface area contributed by atoms with E-state index in [1.807, 2.05) is 0 Å². The van der Waals surface area contributed by atoms with Crippen molar-refractivity contribution in [2.45, 2.75) is 6.92 Å². The molecule has 1 amide bonds. The predicted molar refractivity (Wildman–Crippen MR) is 77.1 cm³/mol. The molecule has 1 aromatic carbocycles. The predicted octanol–water partition coefficient (Wildman–Crippen LogP) is 2.28. The van der Waals surface area contributed by atoms with Crippen molar-refractivity contribution in [3.63, 3.8) is 0 Å². The smallest absolute Gasteiger partial charge is 0.259 e. The van der Waals surface area contributed by atoms with Gasteiger partial charge in [-0.05, 0) is 25.1 Å². The summed E-state index contributed by atoms with van der Waals surface area (Å²) >= 11 is 5.97. The van der Waals surface area contributed by atoms with Crippen molar-refractivity contribution in [3.8, 4) is 5.88 Å². The van der Waals surface area contributed by atoms with Crippen molar-refractivity contribution in [1.29, 1.82) is 0 Å². The lowest BCUT2D eigenvalue weighted by Gasteiger charge is -2.08. The van der Waals surface area contributed by atoms with Gasteiger partial charge in [0.1, 0.15) is 0 Å². The zero-order valence-corrected chi connectivity index (χ0v) is 11.7. The molecule has 20 heavy (non-hydrogen) atoms. The van der Waals surface area contributed by atoms with Crippen LogP contribution in [0.4, 0.5) is 11.6 Å². The van der Waals surface area contributed by atoms with Crippen molar-refractivity contribution < 1.29 is 9.53 Å².